The van der Waals surface area contributed by atoms with Crippen LogP contribution in [0.5, 0.6) is 0 Å². The third-order valence-electron chi connectivity index (χ3n) is 2.73. The first-order valence-corrected chi connectivity index (χ1v) is 5.76. The van der Waals surface area contributed by atoms with E-state index in [1.165, 1.54) is 16.3 Å². The van der Waals surface area contributed by atoms with Crippen molar-refractivity contribution in [2.45, 2.75) is 6.04 Å². The van der Waals surface area contributed by atoms with Crippen LogP contribution in [0.4, 0.5) is 0 Å². The molecule has 0 aliphatic carbocycles. The van der Waals surface area contributed by atoms with Crippen molar-refractivity contribution >= 4 is 23.4 Å². The average molecular weight is 217 g/mol. The third-order valence-corrected chi connectivity index (χ3v) is 3.09. The summed E-state index contributed by atoms with van der Waals surface area (Å²) in [5.74, 6) is 0.810. The fourth-order valence-corrected chi connectivity index (χ4v) is 2.28. The highest BCUT2D eigenvalue weighted by Crippen LogP contribution is 2.24. The van der Waals surface area contributed by atoms with Gasteiger partial charge in [0.1, 0.15) is 0 Å². The number of nitrogens with one attached hydrogen (secondary N) is 1. The van der Waals surface area contributed by atoms with Gasteiger partial charge in [0.05, 0.1) is 0 Å². The van der Waals surface area contributed by atoms with Crippen molar-refractivity contribution < 1.29 is 0 Å². The van der Waals surface area contributed by atoms with Crippen LogP contribution in [0.1, 0.15) is 11.6 Å². The Morgan fingerprint density at radius 3 is 2.60 bits per heavy atom. The summed E-state index contributed by atoms with van der Waals surface area (Å²) in [5, 5.41) is 5.89. The van der Waals surface area contributed by atoms with Gasteiger partial charge in [0.15, 0.2) is 0 Å². The maximum atomic E-state index is 4.37. The zero-order valence-corrected chi connectivity index (χ0v) is 9.67. The lowest BCUT2D eigenvalue weighted by atomic mass is 10.00. The number of thiol groups is 1. The van der Waals surface area contributed by atoms with Crippen molar-refractivity contribution in [3.8, 4) is 0 Å². The van der Waals surface area contributed by atoms with Crippen molar-refractivity contribution in [2.75, 3.05) is 12.8 Å². The van der Waals surface area contributed by atoms with Crippen molar-refractivity contribution in [3.63, 3.8) is 0 Å². The molecule has 2 heteroatoms. The van der Waals surface area contributed by atoms with Gasteiger partial charge in [-0.25, -0.2) is 0 Å². The van der Waals surface area contributed by atoms with Crippen LogP contribution in [-0.2, 0) is 0 Å². The molecule has 1 atom stereocenters. The molecule has 0 heterocycles. The van der Waals surface area contributed by atoms with Crippen LogP contribution in [0.3, 0.4) is 0 Å². The topological polar surface area (TPSA) is 12.0 Å². The van der Waals surface area contributed by atoms with Gasteiger partial charge in [-0.15, -0.1) is 0 Å². The molecule has 0 saturated heterocycles. The van der Waals surface area contributed by atoms with Gasteiger partial charge in [0.25, 0.3) is 0 Å². The summed E-state index contributed by atoms with van der Waals surface area (Å²) in [6, 6.07) is 15.2. The van der Waals surface area contributed by atoms with Crippen molar-refractivity contribution in [1.82, 2.24) is 5.32 Å². The average Bonchev–Trinajstić information content (AvgIpc) is 2.31. The van der Waals surface area contributed by atoms with Crippen LogP contribution in [0.25, 0.3) is 10.8 Å². The summed E-state index contributed by atoms with van der Waals surface area (Å²) in [7, 11) is 1.97. The van der Waals surface area contributed by atoms with Crippen LogP contribution in [0.15, 0.2) is 42.5 Å². The first kappa shape index (κ1) is 10.5. The third kappa shape index (κ3) is 2.01. The highest BCUT2D eigenvalue weighted by atomic mass is 32.1. The Labute approximate surface area is 95.9 Å². The number of rotatable bonds is 3. The molecule has 2 aromatic carbocycles. The molecule has 2 rings (SSSR count). The fraction of sp³-hybridized carbons (Fsp3) is 0.231. The Hall–Kier alpha value is -0.990. The Morgan fingerprint density at radius 2 is 1.87 bits per heavy atom. The van der Waals surface area contributed by atoms with Gasteiger partial charge in [0.2, 0.25) is 0 Å². The molecule has 0 amide bonds. The van der Waals surface area contributed by atoms with Gasteiger partial charge in [-0.1, -0.05) is 42.5 Å². The molecule has 1 unspecified atom stereocenters. The van der Waals surface area contributed by atoms with E-state index in [2.05, 4.69) is 60.4 Å². The van der Waals surface area contributed by atoms with Crippen LogP contribution >= 0.6 is 12.6 Å². The molecule has 0 radical (unpaired) electrons. The minimum Gasteiger partial charge on any atom is -0.312 e. The molecule has 0 aromatic heterocycles. The Kier molecular flexibility index (Phi) is 3.29. The second kappa shape index (κ2) is 4.69. The molecule has 0 spiro atoms. The smallest absolute Gasteiger partial charge is 0.0413 e. The number of hydrogen-bond acceptors (Lipinski definition) is 2. The second-order valence-corrected chi connectivity index (χ2v) is 3.96. The molecule has 0 saturated carbocycles. The number of fused-ring (bicyclic) bond motifs is 1. The predicted molar refractivity (Wildman–Crippen MR) is 69.6 cm³/mol. The molecule has 78 valence electrons. The highest BCUT2D eigenvalue weighted by molar-refractivity contribution is 7.80. The van der Waals surface area contributed by atoms with E-state index in [4.69, 9.17) is 0 Å². The van der Waals surface area contributed by atoms with Crippen LogP contribution < -0.4 is 5.32 Å². The summed E-state index contributed by atoms with van der Waals surface area (Å²) in [4.78, 5) is 0. The van der Waals surface area contributed by atoms with Crippen molar-refractivity contribution in [2.24, 2.45) is 0 Å². The molecular weight excluding hydrogens is 202 g/mol. The van der Waals surface area contributed by atoms with E-state index < -0.39 is 0 Å². The van der Waals surface area contributed by atoms with E-state index in [0.717, 1.165) is 5.75 Å². The molecule has 2 aromatic rings. The van der Waals surface area contributed by atoms with Crippen LogP contribution in [0.2, 0.25) is 0 Å². The normalized spacial score (nSPS) is 12.9. The minimum absolute atomic E-state index is 0.319. The van der Waals surface area contributed by atoms with Crippen LogP contribution in [-0.4, -0.2) is 12.8 Å². The predicted octanol–water partition coefficient (Wildman–Crippen LogP) is 3.03. The zero-order valence-electron chi connectivity index (χ0n) is 8.77. The van der Waals surface area contributed by atoms with Gasteiger partial charge >= 0.3 is 0 Å². The quantitative estimate of drug-likeness (QED) is 0.753. The van der Waals surface area contributed by atoms with E-state index in [9.17, 15) is 0 Å². The first-order chi connectivity index (χ1) is 7.36. The Morgan fingerprint density at radius 1 is 1.13 bits per heavy atom. The largest absolute Gasteiger partial charge is 0.312 e. The maximum Gasteiger partial charge on any atom is 0.0413 e. The molecule has 0 bridgehead atoms. The van der Waals surface area contributed by atoms with E-state index in [1.54, 1.807) is 0 Å². The van der Waals surface area contributed by atoms with E-state index in [0.29, 0.717) is 6.04 Å². The molecule has 0 fully saturated rings. The SMILES string of the molecule is CNC(CS)c1cccc2ccccc12. The fourth-order valence-electron chi connectivity index (χ4n) is 1.90. The molecule has 0 aliphatic heterocycles. The standard InChI is InChI=1S/C13H15NS/c1-14-13(9-15)12-8-4-6-10-5-2-3-7-11(10)12/h2-8,13-15H,9H2,1H3. The molecule has 1 nitrogen and oxygen atoms in total. The van der Waals surface area contributed by atoms with Gasteiger partial charge in [-0.05, 0) is 23.4 Å². The lowest BCUT2D eigenvalue weighted by molar-refractivity contribution is 0.668. The first-order valence-electron chi connectivity index (χ1n) is 5.12. The maximum absolute atomic E-state index is 4.37. The molecule has 0 aliphatic rings. The zero-order chi connectivity index (χ0) is 10.7. The second-order valence-electron chi connectivity index (χ2n) is 3.59. The molecule has 1 N–H and O–H groups in total. The van der Waals surface area contributed by atoms with Gasteiger partial charge in [-0.3, -0.25) is 0 Å². The minimum atomic E-state index is 0.319. The van der Waals surface area contributed by atoms with Gasteiger partial charge < -0.3 is 5.32 Å². The molecule has 15 heavy (non-hydrogen) atoms. The summed E-state index contributed by atoms with van der Waals surface area (Å²) in [5.41, 5.74) is 1.32. The summed E-state index contributed by atoms with van der Waals surface area (Å²) >= 11 is 4.37. The Balaban J connectivity index is 2.59. The summed E-state index contributed by atoms with van der Waals surface area (Å²) in [6.45, 7) is 0. The highest BCUT2D eigenvalue weighted by Gasteiger charge is 2.09. The van der Waals surface area contributed by atoms with Crippen molar-refractivity contribution in [1.29, 1.82) is 0 Å². The van der Waals surface area contributed by atoms with E-state index in [-0.39, 0.29) is 0 Å². The van der Waals surface area contributed by atoms with Gasteiger partial charge in [0, 0.05) is 11.8 Å². The monoisotopic (exact) mass is 217 g/mol. The summed E-state index contributed by atoms with van der Waals surface area (Å²) in [6.07, 6.45) is 0. The van der Waals surface area contributed by atoms with Crippen molar-refractivity contribution in [3.05, 3.63) is 48.0 Å². The Bertz CT molecular complexity index is 444. The molecular formula is C13H15NS. The van der Waals surface area contributed by atoms with Gasteiger partial charge in [-0.2, -0.15) is 12.6 Å². The number of benzene rings is 2. The van der Waals surface area contributed by atoms with E-state index >= 15 is 0 Å². The van der Waals surface area contributed by atoms with Crippen LogP contribution in [0, 0.1) is 0 Å². The summed E-state index contributed by atoms with van der Waals surface area (Å²) < 4.78 is 0. The lowest BCUT2D eigenvalue weighted by Gasteiger charge is -2.16. The lowest BCUT2D eigenvalue weighted by Crippen LogP contribution is -2.17. The number of hydrogen-bond donors (Lipinski definition) is 2. The van der Waals surface area contributed by atoms with E-state index in [1.807, 2.05) is 7.05 Å².